The van der Waals surface area contributed by atoms with E-state index in [9.17, 15) is 13.2 Å². The van der Waals surface area contributed by atoms with Crippen molar-refractivity contribution in [3.05, 3.63) is 12.7 Å². The summed E-state index contributed by atoms with van der Waals surface area (Å²) >= 11 is 0. The number of carbonyl (C=O) groups is 1. The maximum absolute atomic E-state index is 11.5. The largest absolute Gasteiger partial charge is 0.330 e. The second-order valence-electron chi connectivity index (χ2n) is 4.05. The van der Waals surface area contributed by atoms with Crippen molar-refractivity contribution in [1.29, 1.82) is 0 Å². The number of nitrogens with one attached hydrogen (secondary N) is 1. The number of hydrogen-bond acceptors (Lipinski definition) is 4. The van der Waals surface area contributed by atoms with Gasteiger partial charge in [0.05, 0.1) is 5.25 Å². The molecule has 0 spiro atoms. The molecule has 0 aromatic carbocycles. The highest BCUT2D eigenvalue weighted by atomic mass is 32.2. The molecule has 16 heavy (non-hydrogen) atoms. The molecule has 0 unspecified atom stereocenters. The molecule has 1 fully saturated rings. The predicted molar refractivity (Wildman–Crippen MR) is 62.1 cm³/mol. The Bertz CT molecular complexity index is 360. The van der Waals surface area contributed by atoms with Crippen molar-refractivity contribution >= 4 is 15.9 Å². The number of amides is 1. The first kappa shape index (κ1) is 13.2. The molecule has 3 N–H and O–H groups in total. The quantitative estimate of drug-likeness (QED) is 0.625. The van der Waals surface area contributed by atoms with Gasteiger partial charge in [0.1, 0.15) is 0 Å². The van der Waals surface area contributed by atoms with E-state index >= 15 is 0 Å². The Morgan fingerprint density at radius 1 is 1.56 bits per heavy atom. The van der Waals surface area contributed by atoms with Gasteiger partial charge in [-0.05, 0) is 31.7 Å². The zero-order valence-corrected chi connectivity index (χ0v) is 10.0. The van der Waals surface area contributed by atoms with Crippen LogP contribution in [0.3, 0.4) is 0 Å². The van der Waals surface area contributed by atoms with Crippen molar-refractivity contribution in [2.75, 3.05) is 6.54 Å². The average molecular weight is 246 g/mol. The Kier molecular flexibility index (Phi) is 4.49. The maximum atomic E-state index is 11.5. The standard InChI is InChI=1S/C10H18N2O3S/c1-2-8(5-6-11)7-10(13)12-16(14,15)9-3-4-9/h2,8-9H,1,3-7,11H2,(H,12,13)/t8-/m1/s1. The van der Waals surface area contributed by atoms with Gasteiger partial charge in [0.25, 0.3) is 0 Å². The third kappa shape index (κ3) is 3.94. The first-order chi connectivity index (χ1) is 7.49. The van der Waals surface area contributed by atoms with E-state index in [-0.39, 0.29) is 17.6 Å². The van der Waals surface area contributed by atoms with Crippen LogP contribution < -0.4 is 10.5 Å². The minimum Gasteiger partial charge on any atom is -0.330 e. The molecule has 1 amide bonds. The van der Waals surface area contributed by atoms with Crippen molar-refractivity contribution in [3.63, 3.8) is 0 Å². The molecule has 1 aliphatic rings. The van der Waals surface area contributed by atoms with Crippen LogP contribution in [-0.4, -0.2) is 26.1 Å². The van der Waals surface area contributed by atoms with E-state index in [0.717, 1.165) is 0 Å². The first-order valence-electron chi connectivity index (χ1n) is 5.36. The molecule has 0 aromatic rings. The Morgan fingerprint density at radius 2 is 2.19 bits per heavy atom. The van der Waals surface area contributed by atoms with E-state index in [1.807, 2.05) is 0 Å². The lowest BCUT2D eigenvalue weighted by Gasteiger charge is -2.11. The number of rotatable bonds is 7. The van der Waals surface area contributed by atoms with E-state index in [2.05, 4.69) is 11.3 Å². The number of nitrogens with two attached hydrogens (primary N) is 1. The maximum Gasteiger partial charge on any atom is 0.237 e. The molecule has 92 valence electrons. The van der Waals surface area contributed by atoms with Gasteiger partial charge in [-0.15, -0.1) is 6.58 Å². The van der Waals surface area contributed by atoms with Crippen LogP contribution in [-0.2, 0) is 14.8 Å². The molecule has 0 heterocycles. The van der Waals surface area contributed by atoms with Gasteiger partial charge in [-0.2, -0.15) is 0 Å². The normalized spacial score (nSPS) is 17.8. The van der Waals surface area contributed by atoms with Crippen molar-refractivity contribution in [2.24, 2.45) is 11.7 Å². The molecule has 1 atom stereocenters. The summed E-state index contributed by atoms with van der Waals surface area (Å²) in [5.41, 5.74) is 5.37. The lowest BCUT2D eigenvalue weighted by molar-refractivity contribution is -0.119. The monoisotopic (exact) mass is 246 g/mol. The first-order valence-corrected chi connectivity index (χ1v) is 6.91. The highest BCUT2D eigenvalue weighted by Gasteiger charge is 2.36. The van der Waals surface area contributed by atoms with Crippen molar-refractivity contribution < 1.29 is 13.2 Å². The fraction of sp³-hybridized carbons (Fsp3) is 0.700. The van der Waals surface area contributed by atoms with Gasteiger partial charge in [0.2, 0.25) is 15.9 Å². The third-order valence-corrected chi connectivity index (χ3v) is 4.40. The second-order valence-corrected chi connectivity index (χ2v) is 6.01. The molecule has 0 bridgehead atoms. The summed E-state index contributed by atoms with van der Waals surface area (Å²) in [4.78, 5) is 11.5. The summed E-state index contributed by atoms with van der Waals surface area (Å²) in [5, 5.41) is -0.367. The number of hydrogen-bond donors (Lipinski definition) is 2. The summed E-state index contributed by atoms with van der Waals surface area (Å²) in [6, 6.07) is 0. The van der Waals surface area contributed by atoms with Crippen LogP contribution in [0.4, 0.5) is 0 Å². The zero-order chi connectivity index (χ0) is 12.2. The van der Waals surface area contributed by atoms with Gasteiger partial charge in [0.15, 0.2) is 0 Å². The Hall–Kier alpha value is -0.880. The smallest absolute Gasteiger partial charge is 0.237 e. The number of carbonyl (C=O) groups excluding carboxylic acids is 1. The second kappa shape index (κ2) is 5.45. The van der Waals surface area contributed by atoms with Crippen molar-refractivity contribution in [3.8, 4) is 0 Å². The fourth-order valence-corrected chi connectivity index (χ4v) is 2.74. The molecule has 1 aliphatic carbocycles. The van der Waals surface area contributed by atoms with Crippen LogP contribution in [0.5, 0.6) is 0 Å². The van der Waals surface area contributed by atoms with Crippen molar-refractivity contribution in [1.82, 2.24) is 4.72 Å². The van der Waals surface area contributed by atoms with Gasteiger partial charge in [0, 0.05) is 6.42 Å². The summed E-state index contributed by atoms with van der Waals surface area (Å²) in [6.07, 6.45) is 3.70. The lowest BCUT2D eigenvalue weighted by Crippen LogP contribution is -2.34. The average Bonchev–Trinajstić information content (AvgIpc) is 2.99. The minimum absolute atomic E-state index is 0.0561. The van der Waals surface area contributed by atoms with E-state index in [0.29, 0.717) is 25.8 Å². The van der Waals surface area contributed by atoms with Gasteiger partial charge >= 0.3 is 0 Å². The SMILES string of the molecule is C=C[C@H](CCN)CC(=O)NS(=O)(=O)C1CC1. The molecule has 0 aromatic heterocycles. The van der Waals surface area contributed by atoms with Gasteiger partial charge < -0.3 is 5.73 Å². The zero-order valence-electron chi connectivity index (χ0n) is 9.19. The van der Waals surface area contributed by atoms with Gasteiger partial charge in [-0.25, -0.2) is 8.42 Å². The van der Waals surface area contributed by atoms with E-state index in [1.165, 1.54) is 0 Å². The molecular weight excluding hydrogens is 228 g/mol. The van der Waals surface area contributed by atoms with Crippen LogP contribution in [0.2, 0.25) is 0 Å². The Labute approximate surface area is 96.1 Å². The van der Waals surface area contributed by atoms with Crippen LogP contribution in [0.1, 0.15) is 25.7 Å². The van der Waals surface area contributed by atoms with Gasteiger partial charge in [-0.1, -0.05) is 6.08 Å². The summed E-state index contributed by atoms with van der Waals surface area (Å²) < 4.78 is 25.0. The topological polar surface area (TPSA) is 89.3 Å². The van der Waals surface area contributed by atoms with E-state index in [4.69, 9.17) is 5.73 Å². The number of allylic oxidation sites excluding steroid dienone is 1. The molecule has 6 heteroatoms. The van der Waals surface area contributed by atoms with Crippen LogP contribution in [0.15, 0.2) is 12.7 Å². The van der Waals surface area contributed by atoms with Crippen LogP contribution in [0, 0.1) is 5.92 Å². The third-order valence-electron chi connectivity index (χ3n) is 2.54. The molecule has 0 radical (unpaired) electrons. The fourth-order valence-electron chi connectivity index (χ4n) is 1.42. The van der Waals surface area contributed by atoms with Crippen molar-refractivity contribution in [2.45, 2.75) is 30.9 Å². The molecule has 1 rings (SSSR count). The highest BCUT2D eigenvalue weighted by molar-refractivity contribution is 7.90. The predicted octanol–water partition coefficient (Wildman–Crippen LogP) is 0.136. The molecular formula is C10H18N2O3S. The highest BCUT2D eigenvalue weighted by Crippen LogP contribution is 2.27. The Balaban J connectivity index is 2.43. The molecule has 5 nitrogen and oxygen atoms in total. The molecule has 0 aliphatic heterocycles. The summed E-state index contributed by atoms with van der Waals surface area (Å²) in [6.45, 7) is 4.05. The van der Waals surface area contributed by atoms with Gasteiger partial charge in [-0.3, -0.25) is 9.52 Å². The number of sulfonamides is 1. The Morgan fingerprint density at radius 3 is 2.62 bits per heavy atom. The molecule has 1 saturated carbocycles. The minimum atomic E-state index is -3.42. The van der Waals surface area contributed by atoms with E-state index < -0.39 is 15.9 Å². The summed E-state index contributed by atoms with van der Waals surface area (Å²) in [7, 11) is -3.42. The van der Waals surface area contributed by atoms with Crippen LogP contribution >= 0.6 is 0 Å². The lowest BCUT2D eigenvalue weighted by atomic mass is 10.0. The van der Waals surface area contributed by atoms with E-state index in [1.54, 1.807) is 6.08 Å². The van der Waals surface area contributed by atoms with Crippen LogP contribution in [0.25, 0.3) is 0 Å². The molecule has 0 saturated heterocycles. The summed E-state index contributed by atoms with van der Waals surface area (Å²) in [5.74, 6) is -0.523.